The normalized spacial score (nSPS) is 10.4. The minimum Gasteiger partial charge on any atom is -0.477 e. The van der Waals surface area contributed by atoms with Crippen molar-refractivity contribution < 1.29 is 32.7 Å². The fourth-order valence-electron chi connectivity index (χ4n) is 1.08. The quantitative estimate of drug-likeness (QED) is 0.653. The number of carboxylic acids is 1. The first kappa shape index (κ1) is 12.7. The van der Waals surface area contributed by atoms with Crippen LogP contribution in [0.1, 0.15) is 10.4 Å². The van der Waals surface area contributed by atoms with Gasteiger partial charge in [-0.05, 0) is 12.1 Å². The highest BCUT2D eigenvalue weighted by atomic mass is 19.3. The van der Waals surface area contributed by atoms with Gasteiger partial charge in [0.2, 0.25) is 5.82 Å². The molecular formula is C8H4F3NO5. The standard InChI is InChI=1S/C8H4F3NO5/c9-5-4(17-8(10)11)2-1-3(7(13)14)6(5)12(15)16/h1-2,8H,(H,13,14). The van der Waals surface area contributed by atoms with Gasteiger partial charge in [-0.3, -0.25) is 10.1 Å². The lowest BCUT2D eigenvalue weighted by atomic mass is 10.1. The number of nitrogens with zero attached hydrogens (tertiary/aromatic N) is 1. The van der Waals surface area contributed by atoms with Crippen LogP contribution in [0.2, 0.25) is 0 Å². The van der Waals surface area contributed by atoms with Crippen molar-refractivity contribution in [2.24, 2.45) is 0 Å². The molecule has 0 aliphatic heterocycles. The molecule has 0 saturated carbocycles. The molecule has 1 rings (SSSR count). The fourth-order valence-corrected chi connectivity index (χ4v) is 1.08. The maximum atomic E-state index is 13.3. The van der Waals surface area contributed by atoms with Crippen LogP contribution in [-0.4, -0.2) is 22.6 Å². The molecule has 1 aromatic rings. The van der Waals surface area contributed by atoms with E-state index in [1.54, 1.807) is 0 Å². The van der Waals surface area contributed by atoms with Crippen molar-refractivity contribution in [1.82, 2.24) is 0 Å². The van der Waals surface area contributed by atoms with Gasteiger partial charge in [0.1, 0.15) is 5.56 Å². The highest BCUT2D eigenvalue weighted by Crippen LogP contribution is 2.31. The van der Waals surface area contributed by atoms with Crippen LogP contribution in [0.3, 0.4) is 0 Å². The van der Waals surface area contributed by atoms with Crippen molar-refractivity contribution in [1.29, 1.82) is 0 Å². The zero-order valence-corrected chi connectivity index (χ0v) is 7.89. The smallest absolute Gasteiger partial charge is 0.387 e. The molecule has 9 heteroatoms. The molecule has 0 unspecified atom stereocenters. The largest absolute Gasteiger partial charge is 0.477 e. The van der Waals surface area contributed by atoms with Crippen molar-refractivity contribution in [2.75, 3.05) is 0 Å². The lowest BCUT2D eigenvalue weighted by Crippen LogP contribution is -2.09. The van der Waals surface area contributed by atoms with Crippen molar-refractivity contribution in [3.8, 4) is 5.75 Å². The van der Waals surface area contributed by atoms with Gasteiger partial charge in [-0.25, -0.2) is 4.79 Å². The number of ether oxygens (including phenoxy) is 1. The summed E-state index contributed by atoms with van der Waals surface area (Å²) in [6.07, 6.45) is 0. The summed E-state index contributed by atoms with van der Waals surface area (Å²) in [4.78, 5) is 19.7. The first-order chi connectivity index (χ1) is 7.84. The van der Waals surface area contributed by atoms with Gasteiger partial charge >= 0.3 is 18.3 Å². The molecule has 0 aliphatic rings. The van der Waals surface area contributed by atoms with Crippen LogP contribution < -0.4 is 4.74 Å². The number of hydrogen-bond donors (Lipinski definition) is 1. The van der Waals surface area contributed by atoms with Crippen molar-refractivity contribution >= 4 is 11.7 Å². The maximum Gasteiger partial charge on any atom is 0.387 e. The van der Waals surface area contributed by atoms with E-state index in [-0.39, 0.29) is 0 Å². The Balaban J connectivity index is 3.38. The number of alkyl halides is 2. The molecule has 0 atom stereocenters. The van der Waals surface area contributed by atoms with Gasteiger partial charge in [-0.1, -0.05) is 0 Å². The fraction of sp³-hybridized carbons (Fsp3) is 0.125. The first-order valence-electron chi connectivity index (χ1n) is 3.99. The van der Waals surface area contributed by atoms with Crippen LogP contribution in [0.4, 0.5) is 18.9 Å². The molecular weight excluding hydrogens is 247 g/mol. The number of rotatable bonds is 4. The Morgan fingerprint density at radius 3 is 2.47 bits per heavy atom. The number of benzene rings is 1. The zero-order valence-electron chi connectivity index (χ0n) is 7.89. The molecule has 0 spiro atoms. The monoisotopic (exact) mass is 251 g/mol. The van der Waals surface area contributed by atoms with Gasteiger partial charge in [0.05, 0.1) is 4.92 Å². The van der Waals surface area contributed by atoms with Crippen molar-refractivity contribution in [2.45, 2.75) is 6.61 Å². The molecule has 0 amide bonds. The van der Waals surface area contributed by atoms with E-state index in [0.29, 0.717) is 12.1 Å². The van der Waals surface area contributed by atoms with Crippen LogP contribution in [0, 0.1) is 15.9 Å². The highest BCUT2D eigenvalue weighted by Gasteiger charge is 2.29. The molecule has 0 heterocycles. The van der Waals surface area contributed by atoms with Crippen molar-refractivity contribution in [3.05, 3.63) is 33.6 Å². The zero-order chi connectivity index (χ0) is 13.2. The predicted octanol–water partition coefficient (Wildman–Crippen LogP) is 2.03. The third-order valence-electron chi connectivity index (χ3n) is 1.71. The molecule has 1 N–H and O–H groups in total. The van der Waals surface area contributed by atoms with Gasteiger partial charge in [0, 0.05) is 0 Å². The van der Waals surface area contributed by atoms with Gasteiger partial charge < -0.3 is 9.84 Å². The summed E-state index contributed by atoms with van der Waals surface area (Å²) >= 11 is 0. The van der Waals surface area contributed by atoms with Crippen molar-refractivity contribution in [3.63, 3.8) is 0 Å². The molecule has 0 saturated heterocycles. The number of halogens is 3. The second-order valence-corrected chi connectivity index (χ2v) is 2.71. The Labute approximate surface area is 91.4 Å². The summed E-state index contributed by atoms with van der Waals surface area (Å²) in [5.74, 6) is -4.59. The summed E-state index contributed by atoms with van der Waals surface area (Å²) in [5, 5.41) is 19.0. The van der Waals surface area contributed by atoms with E-state index in [0.717, 1.165) is 0 Å². The van der Waals surface area contributed by atoms with E-state index in [9.17, 15) is 28.1 Å². The summed E-state index contributed by atoms with van der Waals surface area (Å²) in [5.41, 5.74) is -2.37. The van der Waals surface area contributed by atoms with E-state index in [1.165, 1.54) is 0 Å². The van der Waals surface area contributed by atoms with Crippen LogP contribution in [0.5, 0.6) is 5.75 Å². The molecule has 92 valence electrons. The molecule has 0 aliphatic carbocycles. The Hall–Kier alpha value is -2.32. The average molecular weight is 251 g/mol. The number of nitro groups is 1. The minimum atomic E-state index is -3.38. The third kappa shape index (κ3) is 2.62. The number of hydrogen-bond acceptors (Lipinski definition) is 4. The van der Waals surface area contributed by atoms with Crippen LogP contribution >= 0.6 is 0 Å². The maximum absolute atomic E-state index is 13.3. The van der Waals surface area contributed by atoms with E-state index in [4.69, 9.17) is 5.11 Å². The first-order valence-corrected chi connectivity index (χ1v) is 3.99. The lowest BCUT2D eigenvalue weighted by Gasteiger charge is -2.06. The molecule has 0 radical (unpaired) electrons. The lowest BCUT2D eigenvalue weighted by molar-refractivity contribution is -0.388. The van der Waals surface area contributed by atoms with Crippen LogP contribution in [0.15, 0.2) is 12.1 Å². The highest BCUT2D eigenvalue weighted by molar-refractivity contribution is 5.92. The van der Waals surface area contributed by atoms with E-state index in [2.05, 4.69) is 4.74 Å². The van der Waals surface area contributed by atoms with Crippen LogP contribution in [0.25, 0.3) is 0 Å². The van der Waals surface area contributed by atoms with Gasteiger partial charge in [-0.15, -0.1) is 0 Å². The van der Waals surface area contributed by atoms with Gasteiger partial charge in [0.15, 0.2) is 5.75 Å². The van der Waals surface area contributed by atoms with Gasteiger partial charge in [0.25, 0.3) is 0 Å². The summed E-state index contributed by atoms with van der Waals surface area (Å²) in [6, 6.07) is 1.19. The second-order valence-electron chi connectivity index (χ2n) is 2.71. The molecule has 0 fully saturated rings. The topological polar surface area (TPSA) is 89.7 Å². The molecule has 0 bridgehead atoms. The Morgan fingerprint density at radius 1 is 1.47 bits per heavy atom. The average Bonchev–Trinajstić information content (AvgIpc) is 2.19. The minimum absolute atomic E-state index is 0.581. The summed E-state index contributed by atoms with van der Waals surface area (Å²) < 4.78 is 40.6. The number of carbonyl (C=O) groups is 1. The summed E-state index contributed by atoms with van der Waals surface area (Å²) in [7, 11) is 0. The summed E-state index contributed by atoms with van der Waals surface area (Å²) in [6.45, 7) is -3.38. The van der Waals surface area contributed by atoms with E-state index < -0.39 is 40.3 Å². The van der Waals surface area contributed by atoms with E-state index >= 15 is 0 Å². The van der Waals surface area contributed by atoms with Gasteiger partial charge in [-0.2, -0.15) is 13.2 Å². The number of nitro benzene ring substituents is 1. The molecule has 0 aromatic heterocycles. The molecule has 17 heavy (non-hydrogen) atoms. The Morgan fingerprint density at radius 2 is 2.06 bits per heavy atom. The Bertz CT molecular complexity index is 476. The second kappa shape index (κ2) is 4.68. The van der Waals surface area contributed by atoms with E-state index in [1.807, 2.05) is 0 Å². The number of carboxylic acid groups (broad SMARTS) is 1. The predicted molar refractivity (Wildman–Crippen MR) is 46.6 cm³/mol. The van der Waals surface area contributed by atoms with Crippen LogP contribution in [-0.2, 0) is 0 Å². The third-order valence-corrected chi connectivity index (χ3v) is 1.71. The SMILES string of the molecule is O=C(O)c1ccc(OC(F)F)c(F)c1[N+](=O)[O-]. The Kier molecular flexibility index (Phi) is 3.51. The molecule has 1 aromatic carbocycles. The number of aromatic carboxylic acids is 1. The molecule has 6 nitrogen and oxygen atoms in total.